The minimum Gasteiger partial charge on any atom is -0.456 e. The average Bonchev–Trinajstić information content (AvgIpc) is 3.72. The fourth-order valence-corrected chi connectivity index (χ4v) is 7.12. The molecule has 0 atom stereocenters. The number of fused-ring (bicyclic) bond motifs is 6. The highest BCUT2D eigenvalue weighted by Crippen LogP contribution is 2.41. The van der Waals surface area contributed by atoms with E-state index in [9.17, 15) is 0 Å². The Hall–Kier alpha value is -6.85. The quantitative estimate of drug-likeness (QED) is 0.188. The van der Waals surface area contributed by atoms with Crippen LogP contribution in [0, 0.1) is 0 Å². The van der Waals surface area contributed by atoms with E-state index in [1.165, 1.54) is 16.5 Å². The molecule has 0 spiro atoms. The second-order valence-corrected chi connectivity index (χ2v) is 12.5. The zero-order valence-corrected chi connectivity index (χ0v) is 26.9. The fourth-order valence-electron chi connectivity index (χ4n) is 7.12. The molecule has 10 aromatic rings. The summed E-state index contributed by atoms with van der Waals surface area (Å²) < 4.78 is 8.96. The Kier molecular flexibility index (Phi) is 6.42. The van der Waals surface area contributed by atoms with Crippen LogP contribution >= 0.6 is 0 Å². The molecule has 0 aliphatic carbocycles. The normalized spacial score (nSPS) is 11.6. The van der Waals surface area contributed by atoms with E-state index in [1.54, 1.807) is 0 Å². The van der Waals surface area contributed by atoms with Crippen molar-refractivity contribution in [3.05, 3.63) is 170 Å². The van der Waals surface area contributed by atoms with Gasteiger partial charge in [-0.3, -0.25) is 0 Å². The fraction of sp³-hybridized carbons (Fsp3) is 0. The Bertz CT molecular complexity index is 2780. The summed E-state index contributed by atoms with van der Waals surface area (Å²) in [6.07, 6.45) is 0. The minimum atomic E-state index is 0.604. The molecule has 50 heavy (non-hydrogen) atoms. The Morgan fingerprint density at radius 2 is 0.960 bits per heavy atom. The number of aromatic nitrogens is 4. The van der Waals surface area contributed by atoms with Crippen LogP contribution in [0.4, 0.5) is 0 Å². The van der Waals surface area contributed by atoms with Crippen molar-refractivity contribution in [2.45, 2.75) is 0 Å². The van der Waals surface area contributed by atoms with Crippen LogP contribution in [0.1, 0.15) is 0 Å². The van der Waals surface area contributed by atoms with Crippen molar-refractivity contribution < 1.29 is 4.42 Å². The van der Waals surface area contributed by atoms with E-state index >= 15 is 0 Å². The van der Waals surface area contributed by atoms with Crippen LogP contribution < -0.4 is 0 Å². The molecule has 0 saturated heterocycles. The van der Waals surface area contributed by atoms with Gasteiger partial charge in [0.05, 0.1) is 11.0 Å². The molecule has 0 aliphatic heterocycles. The van der Waals surface area contributed by atoms with Gasteiger partial charge in [-0.05, 0) is 41.5 Å². The van der Waals surface area contributed by atoms with E-state index < -0.39 is 0 Å². The zero-order valence-electron chi connectivity index (χ0n) is 26.9. The summed E-state index contributed by atoms with van der Waals surface area (Å²) in [5.41, 5.74) is 10.1. The summed E-state index contributed by atoms with van der Waals surface area (Å²) in [6, 6.07) is 58.6. The summed E-state index contributed by atoms with van der Waals surface area (Å²) >= 11 is 0. The number of para-hydroxylation sites is 1. The molecule has 0 aliphatic rings. The van der Waals surface area contributed by atoms with E-state index in [-0.39, 0.29) is 0 Å². The summed E-state index contributed by atoms with van der Waals surface area (Å²) in [5.74, 6) is 1.86. The molecule has 5 nitrogen and oxygen atoms in total. The predicted molar refractivity (Wildman–Crippen MR) is 203 cm³/mol. The van der Waals surface area contributed by atoms with Crippen LogP contribution in [0.15, 0.2) is 174 Å². The van der Waals surface area contributed by atoms with Crippen molar-refractivity contribution >= 4 is 43.7 Å². The van der Waals surface area contributed by atoms with Gasteiger partial charge in [-0.15, -0.1) is 0 Å². The number of rotatable bonds is 5. The van der Waals surface area contributed by atoms with Crippen molar-refractivity contribution in [3.8, 4) is 51.0 Å². The first-order valence-corrected chi connectivity index (χ1v) is 16.7. The molecule has 0 N–H and O–H groups in total. The third kappa shape index (κ3) is 4.60. The number of nitrogens with zero attached hydrogens (tertiary/aromatic N) is 4. The van der Waals surface area contributed by atoms with E-state index in [0.717, 1.165) is 60.7 Å². The SMILES string of the molecule is c1ccc(-c2ccc(-n3c4ccccc4c4cc5c(cc43)oc3cccc(-c4nc(-c6ccccc6)nc(-c6ccccc6)n4)c35)cc2)cc1. The molecular formula is C45H28N4O. The number of hydrogen-bond acceptors (Lipinski definition) is 4. The van der Waals surface area contributed by atoms with Gasteiger partial charge < -0.3 is 8.98 Å². The second kappa shape index (κ2) is 11.4. The average molecular weight is 641 g/mol. The van der Waals surface area contributed by atoms with Crippen LogP contribution in [-0.4, -0.2) is 19.5 Å². The summed E-state index contributed by atoms with van der Waals surface area (Å²) in [4.78, 5) is 15.0. The molecule has 3 aromatic heterocycles. The molecule has 0 bridgehead atoms. The van der Waals surface area contributed by atoms with E-state index in [2.05, 4.69) is 95.6 Å². The topological polar surface area (TPSA) is 56.7 Å². The Morgan fingerprint density at radius 3 is 1.64 bits per heavy atom. The van der Waals surface area contributed by atoms with Crippen molar-refractivity contribution in [1.29, 1.82) is 0 Å². The molecule has 0 saturated carbocycles. The minimum absolute atomic E-state index is 0.604. The van der Waals surface area contributed by atoms with Gasteiger partial charge in [-0.1, -0.05) is 133 Å². The lowest BCUT2D eigenvalue weighted by molar-refractivity contribution is 0.669. The molecule has 0 radical (unpaired) electrons. The van der Waals surface area contributed by atoms with Crippen LogP contribution in [0.25, 0.3) is 94.7 Å². The lowest BCUT2D eigenvalue weighted by atomic mass is 10.0. The zero-order chi connectivity index (χ0) is 33.0. The molecule has 234 valence electrons. The van der Waals surface area contributed by atoms with Crippen molar-refractivity contribution in [1.82, 2.24) is 19.5 Å². The third-order valence-electron chi connectivity index (χ3n) is 9.46. The standard InChI is InChI=1S/C45H28N4O/c1-4-13-29(14-5-1)30-23-25-33(26-24-30)49-38-21-11-10-19-34(38)36-27-37-41(28-39(36)49)50-40-22-12-20-35(42(37)40)45-47-43(31-15-6-2-7-16-31)46-44(48-45)32-17-8-3-9-18-32/h1-28H. The summed E-state index contributed by atoms with van der Waals surface area (Å²) in [6.45, 7) is 0. The van der Waals surface area contributed by atoms with E-state index in [4.69, 9.17) is 19.4 Å². The monoisotopic (exact) mass is 640 g/mol. The third-order valence-corrected chi connectivity index (χ3v) is 9.46. The van der Waals surface area contributed by atoms with Gasteiger partial charge in [-0.25, -0.2) is 15.0 Å². The molecule has 5 heteroatoms. The van der Waals surface area contributed by atoms with Crippen molar-refractivity contribution in [2.75, 3.05) is 0 Å². The first-order valence-electron chi connectivity index (χ1n) is 16.7. The molecule has 0 fully saturated rings. The van der Waals surface area contributed by atoms with Crippen molar-refractivity contribution in [2.24, 2.45) is 0 Å². The maximum Gasteiger partial charge on any atom is 0.164 e. The highest BCUT2D eigenvalue weighted by molar-refractivity contribution is 6.19. The van der Waals surface area contributed by atoms with Gasteiger partial charge in [0.25, 0.3) is 0 Å². The molecule has 3 heterocycles. The smallest absolute Gasteiger partial charge is 0.164 e. The Morgan fingerprint density at radius 1 is 0.380 bits per heavy atom. The highest BCUT2D eigenvalue weighted by Gasteiger charge is 2.20. The van der Waals surface area contributed by atoms with E-state index in [1.807, 2.05) is 78.9 Å². The predicted octanol–water partition coefficient (Wildman–Crippen LogP) is 11.5. The number of furan rings is 1. The van der Waals surface area contributed by atoms with Gasteiger partial charge in [0.15, 0.2) is 17.5 Å². The second-order valence-electron chi connectivity index (χ2n) is 12.5. The highest BCUT2D eigenvalue weighted by atomic mass is 16.3. The first kappa shape index (κ1) is 28.2. The lowest BCUT2D eigenvalue weighted by Crippen LogP contribution is -2.00. The van der Waals surface area contributed by atoms with Gasteiger partial charge >= 0.3 is 0 Å². The van der Waals surface area contributed by atoms with Gasteiger partial charge in [0.1, 0.15) is 11.2 Å². The van der Waals surface area contributed by atoms with Gasteiger partial charge in [0.2, 0.25) is 0 Å². The van der Waals surface area contributed by atoms with Crippen molar-refractivity contribution in [3.63, 3.8) is 0 Å². The van der Waals surface area contributed by atoms with E-state index in [0.29, 0.717) is 17.5 Å². The van der Waals surface area contributed by atoms with Crippen LogP contribution in [-0.2, 0) is 0 Å². The molecule has 10 rings (SSSR count). The Balaban J connectivity index is 1.19. The number of hydrogen-bond donors (Lipinski definition) is 0. The molecule has 0 amide bonds. The van der Waals surface area contributed by atoms with Gasteiger partial charge in [-0.2, -0.15) is 0 Å². The maximum atomic E-state index is 6.63. The summed E-state index contributed by atoms with van der Waals surface area (Å²) in [7, 11) is 0. The largest absolute Gasteiger partial charge is 0.456 e. The first-order chi connectivity index (χ1) is 24.8. The Labute approximate surface area is 287 Å². The molecular weight excluding hydrogens is 613 g/mol. The van der Waals surface area contributed by atoms with Crippen LogP contribution in [0.3, 0.4) is 0 Å². The maximum absolute atomic E-state index is 6.63. The van der Waals surface area contributed by atoms with Crippen LogP contribution in [0.2, 0.25) is 0 Å². The molecule has 0 unspecified atom stereocenters. The lowest BCUT2D eigenvalue weighted by Gasteiger charge is -2.10. The summed E-state index contributed by atoms with van der Waals surface area (Å²) in [5, 5.41) is 4.34. The van der Waals surface area contributed by atoms with Crippen LogP contribution in [0.5, 0.6) is 0 Å². The number of benzene rings is 7. The molecule has 7 aromatic carbocycles. The van der Waals surface area contributed by atoms with Gasteiger partial charge in [0, 0.05) is 50.0 Å².